The van der Waals surface area contributed by atoms with Crippen LogP contribution in [0, 0.1) is 0 Å². The molecule has 1 amide bonds. The Kier molecular flexibility index (Phi) is 4.89. The molecule has 3 aromatic rings. The first kappa shape index (κ1) is 17.0. The van der Waals surface area contributed by atoms with Crippen molar-refractivity contribution in [2.24, 2.45) is 0 Å². The molecule has 124 valence electrons. The number of nitrogens with one attached hydrogen (secondary N) is 1. The van der Waals surface area contributed by atoms with E-state index in [1.165, 1.54) is 16.7 Å². The topological polar surface area (TPSA) is 63.5 Å². The van der Waals surface area contributed by atoms with Crippen LogP contribution in [0.4, 0.5) is 5.69 Å². The van der Waals surface area contributed by atoms with Gasteiger partial charge in [0, 0.05) is 33.7 Å². The molecule has 0 spiro atoms. The van der Waals surface area contributed by atoms with E-state index in [2.05, 4.69) is 10.3 Å². The molecule has 2 heterocycles. The fourth-order valence-corrected chi connectivity index (χ4v) is 3.68. The van der Waals surface area contributed by atoms with E-state index in [1.54, 1.807) is 18.2 Å². The van der Waals surface area contributed by atoms with Crippen LogP contribution in [0.15, 0.2) is 35.3 Å². The van der Waals surface area contributed by atoms with E-state index in [0.29, 0.717) is 25.6 Å². The lowest BCUT2D eigenvalue weighted by molar-refractivity contribution is 0.103. The Bertz CT molecular complexity index is 961. The van der Waals surface area contributed by atoms with Crippen molar-refractivity contribution >= 4 is 51.1 Å². The molecule has 24 heavy (non-hydrogen) atoms. The molecule has 0 saturated carbocycles. The third-order valence-electron chi connectivity index (χ3n) is 3.27. The number of halogens is 2. The zero-order valence-corrected chi connectivity index (χ0v) is 15.0. The van der Waals surface area contributed by atoms with Gasteiger partial charge in [-0.2, -0.15) is 0 Å². The predicted octanol–water partition coefficient (Wildman–Crippen LogP) is 4.27. The van der Waals surface area contributed by atoms with Crippen molar-refractivity contribution in [3.05, 3.63) is 61.4 Å². The van der Waals surface area contributed by atoms with E-state index < -0.39 is 0 Å². The first-order chi connectivity index (χ1) is 11.5. The largest absolute Gasteiger partial charge is 0.321 e. The van der Waals surface area contributed by atoms with Gasteiger partial charge in [-0.3, -0.25) is 14.0 Å². The third kappa shape index (κ3) is 3.61. The van der Waals surface area contributed by atoms with Crippen LogP contribution < -0.4 is 10.9 Å². The van der Waals surface area contributed by atoms with Gasteiger partial charge in [0.25, 0.3) is 11.5 Å². The summed E-state index contributed by atoms with van der Waals surface area (Å²) in [4.78, 5) is 29.8. The van der Waals surface area contributed by atoms with Crippen LogP contribution in [0.5, 0.6) is 0 Å². The number of rotatable bonds is 4. The molecule has 1 aromatic carbocycles. The van der Waals surface area contributed by atoms with Crippen molar-refractivity contribution in [2.45, 2.75) is 19.8 Å². The van der Waals surface area contributed by atoms with E-state index in [0.717, 1.165) is 29.9 Å². The summed E-state index contributed by atoms with van der Waals surface area (Å²) in [5.74, 6) is -0.347. The maximum Gasteiger partial charge on any atom is 0.267 e. The number of nitrogens with zero attached hydrogens (tertiary/aromatic N) is 2. The summed E-state index contributed by atoms with van der Waals surface area (Å²) in [6, 6.07) is 6.28. The normalized spacial score (nSPS) is 11.0. The van der Waals surface area contributed by atoms with Gasteiger partial charge < -0.3 is 5.32 Å². The quantitative estimate of drug-likeness (QED) is 0.733. The summed E-state index contributed by atoms with van der Waals surface area (Å²) in [7, 11) is 0. The van der Waals surface area contributed by atoms with Gasteiger partial charge in [-0.05, 0) is 24.6 Å². The van der Waals surface area contributed by atoms with Gasteiger partial charge in [0.2, 0.25) is 0 Å². The lowest BCUT2D eigenvalue weighted by Crippen LogP contribution is -2.14. The molecule has 5 nitrogen and oxygen atoms in total. The maximum atomic E-state index is 12.4. The number of amides is 1. The van der Waals surface area contributed by atoms with E-state index in [1.807, 2.05) is 6.92 Å². The zero-order chi connectivity index (χ0) is 17.3. The summed E-state index contributed by atoms with van der Waals surface area (Å²) in [5.41, 5.74) is 1.03. The van der Waals surface area contributed by atoms with Gasteiger partial charge in [-0.15, -0.1) is 0 Å². The molecule has 3 rings (SSSR count). The van der Waals surface area contributed by atoms with Gasteiger partial charge in [-0.1, -0.05) is 47.9 Å². The highest BCUT2D eigenvalue weighted by Crippen LogP contribution is 2.24. The average molecular weight is 382 g/mol. The van der Waals surface area contributed by atoms with Gasteiger partial charge in [0.1, 0.15) is 4.88 Å². The van der Waals surface area contributed by atoms with Crippen LogP contribution in [0.3, 0.4) is 0 Å². The molecule has 0 aliphatic heterocycles. The van der Waals surface area contributed by atoms with E-state index >= 15 is 0 Å². The van der Waals surface area contributed by atoms with Crippen molar-refractivity contribution in [1.29, 1.82) is 0 Å². The smallest absolute Gasteiger partial charge is 0.267 e. The number of carbonyl (C=O) groups excluding carboxylic acids is 1. The fraction of sp³-hybridized carbons (Fsp3) is 0.188. The summed E-state index contributed by atoms with van der Waals surface area (Å²) in [6.07, 6.45) is 3.12. The van der Waals surface area contributed by atoms with E-state index in [4.69, 9.17) is 23.2 Å². The zero-order valence-electron chi connectivity index (χ0n) is 12.7. The summed E-state index contributed by atoms with van der Waals surface area (Å²) in [5, 5.41) is 3.57. The summed E-state index contributed by atoms with van der Waals surface area (Å²) < 4.78 is 1.38. The van der Waals surface area contributed by atoms with Crippen molar-refractivity contribution < 1.29 is 4.79 Å². The second-order valence-corrected chi connectivity index (χ2v) is 7.08. The molecular formula is C16H13Cl2N3O2S. The molecule has 0 fully saturated rings. The minimum atomic E-state index is -0.347. The Labute approximate surface area is 151 Å². The van der Waals surface area contributed by atoms with Crippen molar-refractivity contribution in [3.63, 3.8) is 0 Å². The lowest BCUT2D eigenvalue weighted by atomic mass is 10.2. The molecular weight excluding hydrogens is 369 g/mol. The van der Waals surface area contributed by atoms with Crippen LogP contribution in [0.25, 0.3) is 4.96 Å². The molecule has 2 aromatic heterocycles. The molecule has 0 unspecified atom stereocenters. The van der Waals surface area contributed by atoms with Gasteiger partial charge in [0.05, 0.1) is 0 Å². The van der Waals surface area contributed by atoms with E-state index in [-0.39, 0.29) is 11.5 Å². The van der Waals surface area contributed by atoms with Gasteiger partial charge in [0.15, 0.2) is 4.96 Å². The minimum Gasteiger partial charge on any atom is -0.321 e. The van der Waals surface area contributed by atoms with Gasteiger partial charge in [-0.25, -0.2) is 4.98 Å². The van der Waals surface area contributed by atoms with Crippen molar-refractivity contribution in [3.8, 4) is 0 Å². The Hall–Kier alpha value is -1.89. The number of anilines is 1. The Morgan fingerprint density at radius 1 is 1.25 bits per heavy atom. The van der Waals surface area contributed by atoms with Crippen LogP contribution >= 0.6 is 34.5 Å². The molecule has 8 heteroatoms. The lowest BCUT2D eigenvalue weighted by Gasteiger charge is -2.04. The number of thiazole rings is 1. The molecule has 0 atom stereocenters. The van der Waals surface area contributed by atoms with Crippen molar-refractivity contribution in [2.75, 3.05) is 5.32 Å². The third-order valence-corrected chi connectivity index (χ3v) is 4.69. The molecule has 0 saturated heterocycles. The highest BCUT2D eigenvalue weighted by atomic mass is 35.5. The second-order valence-electron chi connectivity index (χ2n) is 5.20. The van der Waals surface area contributed by atoms with Crippen LogP contribution in [0.1, 0.15) is 28.7 Å². The number of benzene rings is 1. The minimum absolute atomic E-state index is 0.190. The van der Waals surface area contributed by atoms with Gasteiger partial charge >= 0.3 is 0 Å². The first-order valence-corrected chi connectivity index (χ1v) is 8.83. The highest BCUT2D eigenvalue weighted by molar-refractivity contribution is 7.18. The number of carbonyl (C=O) groups is 1. The molecule has 0 bridgehead atoms. The molecule has 1 N–H and O–H groups in total. The number of fused-ring (bicyclic) bond motifs is 1. The summed E-state index contributed by atoms with van der Waals surface area (Å²) in [6.45, 7) is 2.02. The molecule has 0 aliphatic carbocycles. The Morgan fingerprint density at radius 2 is 1.96 bits per heavy atom. The number of aromatic nitrogens is 2. The van der Waals surface area contributed by atoms with Crippen LogP contribution in [-0.4, -0.2) is 15.3 Å². The SMILES string of the molecule is CCCc1cc(=O)n2cc(C(=O)Nc3cc(Cl)cc(Cl)c3)sc2n1. The fourth-order valence-electron chi connectivity index (χ4n) is 2.26. The highest BCUT2D eigenvalue weighted by Gasteiger charge is 2.14. The van der Waals surface area contributed by atoms with Crippen molar-refractivity contribution in [1.82, 2.24) is 9.38 Å². The van der Waals surface area contributed by atoms with Crippen LogP contribution in [0.2, 0.25) is 10.0 Å². The summed E-state index contributed by atoms with van der Waals surface area (Å²) >= 11 is 13.0. The number of hydrogen-bond acceptors (Lipinski definition) is 4. The predicted molar refractivity (Wildman–Crippen MR) is 97.7 cm³/mol. The Balaban J connectivity index is 1.92. The second kappa shape index (κ2) is 6.93. The standard InChI is InChI=1S/C16H13Cl2N3O2S/c1-2-3-11-7-14(22)21-8-13(24-16(21)20-11)15(23)19-12-5-9(17)4-10(18)6-12/h4-8H,2-3H2,1H3,(H,19,23). The monoisotopic (exact) mass is 381 g/mol. The average Bonchev–Trinajstić information content (AvgIpc) is 2.91. The van der Waals surface area contributed by atoms with Crippen LogP contribution in [-0.2, 0) is 6.42 Å². The molecule has 0 radical (unpaired) electrons. The first-order valence-electron chi connectivity index (χ1n) is 7.26. The Morgan fingerprint density at radius 3 is 2.62 bits per heavy atom. The number of hydrogen-bond donors (Lipinski definition) is 1. The maximum absolute atomic E-state index is 12.4. The molecule has 0 aliphatic rings. The number of aryl methyl sites for hydroxylation is 1. The van der Waals surface area contributed by atoms with E-state index in [9.17, 15) is 9.59 Å².